The first kappa shape index (κ1) is 21.7. The number of thiophene rings is 1. The van der Waals surface area contributed by atoms with Crippen LogP contribution in [0.5, 0.6) is 0 Å². The van der Waals surface area contributed by atoms with E-state index in [1.807, 2.05) is 31.2 Å². The Bertz CT molecular complexity index is 1130. The van der Waals surface area contributed by atoms with Crippen molar-refractivity contribution in [1.29, 1.82) is 0 Å². The summed E-state index contributed by atoms with van der Waals surface area (Å²) in [6.45, 7) is 7.59. The Kier molecular flexibility index (Phi) is 6.66. The van der Waals surface area contributed by atoms with Gasteiger partial charge in [0.05, 0.1) is 18.3 Å². The highest BCUT2D eigenvalue weighted by molar-refractivity contribution is 7.20. The van der Waals surface area contributed by atoms with Gasteiger partial charge in [0.25, 0.3) is 5.56 Å². The standard InChI is InChI=1S/C22H25N3O4S/c1-5-14-8-10-15(11-9-14)24-19(26)16(6-2)25-12-23-20-17(21(25)27)13(4)18(30-20)22(28)29-7-3/h8-12,16H,5-7H2,1-4H3,(H,24,26). The molecule has 1 N–H and O–H groups in total. The van der Waals surface area contributed by atoms with Gasteiger partial charge in [-0.25, -0.2) is 9.78 Å². The van der Waals surface area contributed by atoms with Crippen LogP contribution in [-0.2, 0) is 16.0 Å². The van der Waals surface area contributed by atoms with E-state index in [1.54, 1.807) is 13.8 Å². The van der Waals surface area contributed by atoms with E-state index in [2.05, 4.69) is 17.2 Å². The molecule has 0 bridgehead atoms. The van der Waals surface area contributed by atoms with Gasteiger partial charge in [-0.3, -0.25) is 14.2 Å². The molecule has 0 saturated carbocycles. The molecule has 1 unspecified atom stereocenters. The van der Waals surface area contributed by atoms with Crippen LogP contribution in [0.4, 0.5) is 5.69 Å². The van der Waals surface area contributed by atoms with Crippen molar-refractivity contribution in [2.75, 3.05) is 11.9 Å². The van der Waals surface area contributed by atoms with Crippen molar-refractivity contribution < 1.29 is 14.3 Å². The number of hydrogen-bond donors (Lipinski definition) is 1. The highest BCUT2D eigenvalue weighted by Gasteiger charge is 2.25. The molecule has 7 nitrogen and oxygen atoms in total. The predicted octanol–water partition coefficient (Wildman–Crippen LogP) is 4.10. The smallest absolute Gasteiger partial charge is 0.348 e. The van der Waals surface area contributed by atoms with Crippen LogP contribution in [0, 0.1) is 6.92 Å². The highest BCUT2D eigenvalue weighted by atomic mass is 32.1. The van der Waals surface area contributed by atoms with E-state index < -0.39 is 12.0 Å². The van der Waals surface area contributed by atoms with E-state index in [0.717, 1.165) is 17.8 Å². The summed E-state index contributed by atoms with van der Waals surface area (Å²) in [5.41, 5.74) is 2.05. The molecule has 8 heteroatoms. The molecule has 3 rings (SSSR count). The zero-order valence-electron chi connectivity index (χ0n) is 17.5. The first-order valence-corrected chi connectivity index (χ1v) is 10.8. The van der Waals surface area contributed by atoms with E-state index in [0.29, 0.717) is 32.8 Å². The lowest BCUT2D eigenvalue weighted by atomic mass is 10.1. The van der Waals surface area contributed by atoms with Crippen LogP contribution in [0.1, 0.15) is 54.0 Å². The zero-order chi connectivity index (χ0) is 21.8. The molecule has 0 fully saturated rings. The topological polar surface area (TPSA) is 90.3 Å². The van der Waals surface area contributed by atoms with Gasteiger partial charge in [0.15, 0.2) is 0 Å². The number of carbonyl (C=O) groups excluding carboxylic acids is 2. The number of nitrogens with one attached hydrogen (secondary N) is 1. The number of amides is 1. The molecule has 2 aromatic heterocycles. The third-order valence-electron chi connectivity index (χ3n) is 4.99. The van der Waals surface area contributed by atoms with Gasteiger partial charge < -0.3 is 10.1 Å². The maximum atomic E-state index is 13.2. The molecule has 0 aliphatic heterocycles. The fraction of sp³-hybridized carbons (Fsp3) is 0.364. The summed E-state index contributed by atoms with van der Waals surface area (Å²) in [4.78, 5) is 43.4. The van der Waals surface area contributed by atoms with Crippen molar-refractivity contribution in [3.8, 4) is 0 Å². The maximum absolute atomic E-state index is 13.2. The first-order valence-electron chi connectivity index (χ1n) is 9.98. The molecule has 1 atom stereocenters. The first-order chi connectivity index (χ1) is 14.4. The summed E-state index contributed by atoms with van der Waals surface area (Å²) >= 11 is 1.13. The molecule has 1 aromatic carbocycles. The van der Waals surface area contributed by atoms with Gasteiger partial charge in [-0.2, -0.15) is 0 Å². The second kappa shape index (κ2) is 9.21. The minimum absolute atomic E-state index is 0.251. The SMILES string of the molecule is CCOC(=O)c1sc2ncn(C(CC)C(=O)Nc3ccc(CC)cc3)c(=O)c2c1C. The average Bonchev–Trinajstić information content (AvgIpc) is 3.08. The quantitative estimate of drug-likeness (QED) is 0.574. The minimum Gasteiger partial charge on any atom is -0.462 e. The van der Waals surface area contributed by atoms with E-state index in [4.69, 9.17) is 4.74 Å². The van der Waals surface area contributed by atoms with Crippen molar-refractivity contribution in [2.45, 2.75) is 46.6 Å². The molecular formula is C22H25N3O4S. The summed E-state index contributed by atoms with van der Waals surface area (Å²) in [7, 11) is 0. The van der Waals surface area contributed by atoms with Crippen LogP contribution in [0.2, 0.25) is 0 Å². The van der Waals surface area contributed by atoms with Crippen LogP contribution in [-0.4, -0.2) is 28.0 Å². The molecule has 0 aliphatic rings. The average molecular weight is 428 g/mol. The van der Waals surface area contributed by atoms with E-state index in [1.165, 1.54) is 16.5 Å². The third kappa shape index (κ3) is 4.14. The molecule has 2 heterocycles. The minimum atomic E-state index is -0.717. The molecule has 0 aliphatic carbocycles. The maximum Gasteiger partial charge on any atom is 0.348 e. The lowest BCUT2D eigenvalue weighted by Gasteiger charge is -2.17. The molecule has 1 amide bonds. The summed E-state index contributed by atoms with van der Waals surface area (Å²) in [6, 6.07) is 6.90. The fourth-order valence-electron chi connectivity index (χ4n) is 3.31. The van der Waals surface area contributed by atoms with Gasteiger partial charge in [0, 0.05) is 5.69 Å². The van der Waals surface area contributed by atoms with E-state index in [-0.39, 0.29) is 18.1 Å². The number of aryl methyl sites for hydroxylation is 2. The molecule has 3 aromatic rings. The van der Waals surface area contributed by atoms with Crippen LogP contribution in [0.15, 0.2) is 35.4 Å². The Hall–Kier alpha value is -3.00. The number of esters is 1. The Morgan fingerprint density at radius 3 is 2.50 bits per heavy atom. The number of anilines is 1. The number of benzene rings is 1. The summed E-state index contributed by atoms with van der Waals surface area (Å²) in [6.07, 6.45) is 2.71. The van der Waals surface area contributed by atoms with Crippen LogP contribution < -0.4 is 10.9 Å². The molecule has 0 radical (unpaired) electrons. The summed E-state index contributed by atoms with van der Waals surface area (Å²) < 4.78 is 6.41. The number of rotatable bonds is 7. The summed E-state index contributed by atoms with van der Waals surface area (Å²) in [5, 5.41) is 3.23. The van der Waals surface area contributed by atoms with Gasteiger partial charge >= 0.3 is 5.97 Å². The predicted molar refractivity (Wildman–Crippen MR) is 118 cm³/mol. The number of aromatic nitrogens is 2. The van der Waals surface area contributed by atoms with Crippen LogP contribution in [0.25, 0.3) is 10.2 Å². The van der Waals surface area contributed by atoms with Crippen LogP contribution >= 0.6 is 11.3 Å². The number of fused-ring (bicyclic) bond motifs is 1. The number of ether oxygens (including phenoxy) is 1. The van der Waals surface area contributed by atoms with Gasteiger partial charge in [-0.15, -0.1) is 11.3 Å². The van der Waals surface area contributed by atoms with Crippen molar-refractivity contribution in [3.05, 3.63) is 57.0 Å². The third-order valence-corrected chi connectivity index (χ3v) is 6.17. The van der Waals surface area contributed by atoms with Gasteiger partial charge in [0.2, 0.25) is 5.91 Å². The second-order valence-electron chi connectivity index (χ2n) is 6.88. The number of hydrogen-bond acceptors (Lipinski definition) is 6. The fourth-order valence-corrected chi connectivity index (χ4v) is 4.34. The highest BCUT2D eigenvalue weighted by Crippen LogP contribution is 2.28. The summed E-state index contributed by atoms with van der Waals surface area (Å²) in [5.74, 6) is -0.757. The van der Waals surface area contributed by atoms with Crippen LogP contribution in [0.3, 0.4) is 0 Å². The van der Waals surface area contributed by atoms with Crippen molar-refractivity contribution in [3.63, 3.8) is 0 Å². The Balaban J connectivity index is 1.95. The molecule has 0 saturated heterocycles. The second-order valence-corrected chi connectivity index (χ2v) is 7.88. The Morgan fingerprint density at radius 1 is 1.20 bits per heavy atom. The lowest BCUT2D eigenvalue weighted by molar-refractivity contribution is -0.119. The Morgan fingerprint density at radius 2 is 1.90 bits per heavy atom. The molecule has 30 heavy (non-hydrogen) atoms. The Labute approximate surface area is 178 Å². The normalized spacial score (nSPS) is 12.0. The van der Waals surface area contributed by atoms with Gasteiger partial charge in [-0.05, 0) is 49.9 Å². The largest absolute Gasteiger partial charge is 0.462 e. The van der Waals surface area contributed by atoms with Crippen molar-refractivity contribution >= 4 is 39.1 Å². The van der Waals surface area contributed by atoms with E-state index >= 15 is 0 Å². The lowest BCUT2D eigenvalue weighted by Crippen LogP contribution is -2.33. The molecule has 0 spiro atoms. The van der Waals surface area contributed by atoms with Crippen molar-refractivity contribution in [2.24, 2.45) is 0 Å². The zero-order valence-corrected chi connectivity index (χ0v) is 18.3. The molecule has 158 valence electrons. The van der Waals surface area contributed by atoms with Crippen molar-refractivity contribution in [1.82, 2.24) is 9.55 Å². The van der Waals surface area contributed by atoms with Gasteiger partial charge in [-0.1, -0.05) is 26.0 Å². The number of nitrogens with zero attached hydrogens (tertiary/aromatic N) is 2. The monoisotopic (exact) mass is 427 g/mol. The number of carbonyl (C=O) groups is 2. The molecular weight excluding hydrogens is 402 g/mol. The van der Waals surface area contributed by atoms with Gasteiger partial charge in [0.1, 0.15) is 15.7 Å². The van der Waals surface area contributed by atoms with E-state index in [9.17, 15) is 14.4 Å².